The lowest BCUT2D eigenvalue weighted by molar-refractivity contribution is -0.118. The number of aromatic nitrogens is 1. The summed E-state index contributed by atoms with van der Waals surface area (Å²) in [5.74, 6) is 2.06. The second-order valence-electron chi connectivity index (χ2n) is 6.98. The van der Waals surface area contributed by atoms with Crippen molar-refractivity contribution >= 4 is 17.4 Å². The Morgan fingerprint density at radius 3 is 2.56 bits per heavy atom. The summed E-state index contributed by atoms with van der Waals surface area (Å²) in [6, 6.07) is 7.79. The van der Waals surface area contributed by atoms with Gasteiger partial charge in [-0.1, -0.05) is 0 Å². The molecule has 0 bridgehead atoms. The number of carbonyl (C=O) groups excluding carboxylic acids is 1. The molecule has 1 aliphatic heterocycles. The number of methoxy groups -OCH3 is 1. The van der Waals surface area contributed by atoms with E-state index in [1.54, 1.807) is 12.0 Å². The van der Waals surface area contributed by atoms with Crippen molar-refractivity contribution in [2.24, 2.45) is 0 Å². The molecule has 1 aliphatic rings. The summed E-state index contributed by atoms with van der Waals surface area (Å²) in [6.07, 6.45) is 2.18. The van der Waals surface area contributed by atoms with Gasteiger partial charge in [-0.05, 0) is 56.2 Å². The van der Waals surface area contributed by atoms with Crippen molar-refractivity contribution in [3.63, 3.8) is 0 Å². The van der Waals surface area contributed by atoms with Gasteiger partial charge in [-0.25, -0.2) is 4.98 Å². The molecule has 2 aromatic rings. The van der Waals surface area contributed by atoms with Gasteiger partial charge in [0.25, 0.3) is 0 Å². The number of pyridine rings is 1. The number of fused-ring (bicyclic) bond motifs is 1. The highest BCUT2D eigenvalue weighted by molar-refractivity contribution is 5.95. The van der Waals surface area contributed by atoms with E-state index < -0.39 is 0 Å². The number of amides is 1. The summed E-state index contributed by atoms with van der Waals surface area (Å²) in [6.45, 7) is 7.42. The first-order chi connectivity index (χ1) is 12.9. The summed E-state index contributed by atoms with van der Waals surface area (Å²) in [5.41, 5.74) is 3.07. The molecule has 0 saturated carbocycles. The van der Waals surface area contributed by atoms with Crippen LogP contribution in [0, 0.1) is 0 Å². The number of benzene rings is 1. The fourth-order valence-electron chi connectivity index (χ4n) is 3.13. The summed E-state index contributed by atoms with van der Waals surface area (Å²) in [7, 11) is 3.63. The molecule has 0 unspecified atom stereocenters. The monoisotopic (exact) mass is 369 g/mol. The summed E-state index contributed by atoms with van der Waals surface area (Å²) >= 11 is 0. The Hall–Kier alpha value is -2.76. The molecule has 144 valence electrons. The largest absolute Gasteiger partial charge is 0.493 e. The molecule has 0 atom stereocenters. The zero-order valence-corrected chi connectivity index (χ0v) is 16.7. The normalized spacial score (nSPS) is 13.6. The number of hydrogen-bond acceptors (Lipinski definition) is 5. The van der Waals surface area contributed by atoms with Crippen LogP contribution in [0.1, 0.15) is 31.9 Å². The summed E-state index contributed by atoms with van der Waals surface area (Å²) < 4.78 is 11.3. The second-order valence-corrected chi connectivity index (χ2v) is 6.98. The second kappa shape index (κ2) is 7.86. The Kier molecular flexibility index (Phi) is 5.54. The molecular formula is C21H27N3O3. The number of ether oxygens (including phenoxy) is 2. The molecule has 0 saturated heterocycles. The molecule has 0 fully saturated rings. The maximum absolute atomic E-state index is 12.7. The zero-order chi connectivity index (χ0) is 19.6. The molecule has 2 heterocycles. The highest BCUT2D eigenvalue weighted by atomic mass is 16.5. The fourth-order valence-corrected chi connectivity index (χ4v) is 3.13. The number of carbonyl (C=O) groups is 1. The minimum Gasteiger partial charge on any atom is -0.493 e. The van der Waals surface area contributed by atoms with Gasteiger partial charge in [0.2, 0.25) is 5.91 Å². The third-order valence-electron chi connectivity index (χ3n) is 4.74. The van der Waals surface area contributed by atoms with E-state index in [9.17, 15) is 4.79 Å². The third kappa shape index (κ3) is 3.99. The molecule has 0 N–H and O–H groups in total. The van der Waals surface area contributed by atoms with Gasteiger partial charge in [0.15, 0.2) is 11.5 Å². The van der Waals surface area contributed by atoms with Crippen LogP contribution in [-0.4, -0.2) is 37.7 Å². The van der Waals surface area contributed by atoms with Crippen LogP contribution < -0.4 is 19.3 Å². The maximum atomic E-state index is 12.7. The standard InChI is InChI=1S/C21H27N3O3/c1-6-23(4)17-7-8-20(22-12-17)24-13-16-10-19(27-14(2)3)18(26-5)9-15(16)11-21(24)25/h7-10,12,14H,6,11,13H2,1-5H3. The third-order valence-corrected chi connectivity index (χ3v) is 4.74. The molecule has 3 rings (SSSR count). The van der Waals surface area contributed by atoms with Crippen molar-refractivity contribution in [1.82, 2.24) is 4.98 Å². The number of anilines is 2. The van der Waals surface area contributed by atoms with E-state index in [1.165, 1.54) is 0 Å². The van der Waals surface area contributed by atoms with Crippen LogP contribution in [0.3, 0.4) is 0 Å². The highest BCUT2D eigenvalue weighted by Crippen LogP contribution is 2.35. The first-order valence-corrected chi connectivity index (χ1v) is 9.27. The van der Waals surface area contributed by atoms with Crippen molar-refractivity contribution in [3.05, 3.63) is 41.6 Å². The van der Waals surface area contributed by atoms with Crippen molar-refractivity contribution in [2.45, 2.75) is 39.8 Å². The van der Waals surface area contributed by atoms with E-state index in [2.05, 4.69) is 16.8 Å². The van der Waals surface area contributed by atoms with E-state index >= 15 is 0 Å². The Labute approximate surface area is 160 Å². The van der Waals surface area contributed by atoms with Gasteiger partial charge in [-0.15, -0.1) is 0 Å². The molecule has 6 heteroatoms. The molecule has 0 spiro atoms. The lowest BCUT2D eigenvalue weighted by Crippen LogP contribution is -2.36. The lowest BCUT2D eigenvalue weighted by Gasteiger charge is -2.29. The van der Waals surface area contributed by atoms with Crippen LogP contribution in [0.5, 0.6) is 11.5 Å². The van der Waals surface area contributed by atoms with Crippen molar-refractivity contribution in [1.29, 1.82) is 0 Å². The molecule has 1 aromatic heterocycles. The number of nitrogens with zero attached hydrogens (tertiary/aromatic N) is 3. The molecular weight excluding hydrogens is 342 g/mol. The van der Waals surface area contributed by atoms with Crippen LogP contribution in [-0.2, 0) is 17.8 Å². The minimum absolute atomic E-state index is 0.0335. The van der Waals surface area contributed by atoms with E-state index in [1.807, 2.05) is 51.4 Å². The van der Waals surface area contributed by atoms with Gasteiger partial charge < -0.3 is 14.4 Å². The van der Waals surface area contributed by atoms with Gasteiger partial charge in [-0.3, -0.25) is 9.69 Å². The van der Waals surface area contributed by atoms with Crippen LogP contribution in [0.4, 0.5) is 11.5 Å². The Morgan fingerprint density at radius 2 is 1.96 bits per heavy atom. The predicted octanol–water partition coefficient (Wildman–Crippen LogP) is 3.42. The topological polar surface area (TPSA) is 54.9 Å². The van der Waals surface area contributed by atoms with Crippen LogP contribution in [0.2, 0.25) is 0 Å². The molecule has 0 radical (unpaired) electrons. The quantitative estimate of drug-likeness (QED) is 0.781. The van der Waals surface area contributed by atoms with Crippen molar-refractivity contribution < 1.29 is 14.3 Å². The Bertz CT molecular complexity index is 818. The summed E-state index contributed by atoms with van der Waals surface area (Å²) in [4.78, 5) is 21.0. The van der Waals surface area contributed by atoms with E-state index in [0.29, 0.717) is 30.3 Å². The van der Waals surface area contributed by atoms with E-state index in [4.69, 9.17) is 9.47 Å². The van der Waals surface area contributed by atoms with Crippen molar-refractivity contribution in [3.8, 4) is 11.5 Å². The Morgan fingerprint density at radius 1 is 1.22 bits per heavy atom. The highest BCUT2D eigenvalue weighted by Gasteiger charge is 2.27. The Balaban J connectivity index is 1.89. The van der Waals surface area contributed by atoms with E-state index in [0.717, 1.165) is 23.4 Å². The molecule has 6 nitrogen and oxygen atoms in total. The van der Waals surface area contributed by atoms with Crippen molar-refractivity contribution in [2.75, 3.05) is 30.5 Å². The zero-order valence-electron chi connectivity index (χ0n) is 16.7. The average molecular weight is 369 g/mol. The summed E-state index contributed by atoms with van der Waals surface area (Å²) in [5, 5.41) is 0. The van der Waals surface area contributed by atoms with Gasteiger partial charge in [0, 0.05) is 13.6 Å². The SMILES string of the molecule is CCN(C)c1ccc(N2Cc3cc(OC(C)C)c(OC)cc3CC2=O)nc1. The minimum atomic E-state index is 0.0335. The number of rotatable bonds is 6. The van der Waals surface area contributed by atoms with Crippen LogP contribution in [0.25, 0.3) is 0 Å². The molecule has 27 heavy (non-hydrogen) atoms. The van der Waals surface area contributed by atoms with Gasteiger partial charge >= 0.3 is 0 Å². The van der Waals surface area contributed by atoms with Gasteiger partial charge in [0.1, 0.15) is 5.82 Å². The smallest absolute Gasteiger partial charge is 0.232 e. The first-order valence-electron chi connectivity index (χ1n) is 9.27. The fraction of sp³-hybridized carbons (Fsp3) is 0.429. The van der Waals surface area contributed by atoms with Crippen LogP contribution in [0.15, 0.2) is 30.5 Å². The van der Waals surface area contributed by atoms with Gasteiger partial charge in [0.05, 0.1) is 38.1 Å². The maximum Gasteiger partial charge on any atom is 0.232 e. The van der Waals surface area contributed by atoms with Gasteiger partial charge in [-0.2, -0.15) is 0 Å². The number of hydrogen-bond donors (Lipinski definition) is 0. The predicted molar refractivity (Wildman–Crippen MR) is 107 cm³/mol. The first kappa shape index (κ1) is 19.0. The molecule has 1 amide bonds. The molecule has 0 aliphatic carbocycles. The lowest BCUT2D eigenvalue weighted by atomic mass is 9.98. The van der Waals surface area contributed by atoms with E-state index in [-0.39, 0.29) is 12.0 Å². The van der Waals surface area contributed by atoms with Crippen LogP contribution >= 0.6 is 0 Å². The molecule has 1 aromatic carbocycles. The average Bonchev–Trinajstić information content (AvgIpc) is 2.66.